The Morgan fingerprint density at radius 2 is 1.71 bits per heavy atom. The molecule has 2 fully saturated rings. The number of nitrogens with two attached hydrogens (primary N) is 1. The average Bonchev–Trinajstić information content (AvgIpc) is 3.16. The number of aliphatic hydroxyl groups excluding tert-OH is 1. The smallest absolute Gasteiger partial charge is 0.256 e. The number of aliphatic hydroxyl groups is 1. The molecule has 2 aromatic carbocycles. The van der Waals surface area contributed by atoms with Crippen molar-refractivity contribution in [1.82, 2.24) is 9.80 Å². The topological polar surface area (TPSA) is 99.3 Å². The predicted octanol–water partition coefficient (Wildman–Crippen LogP) is 4.23. The summed E-state index contributed by atoms with van der Waals surface area (Å²) in [6, 6.07) is 13.6. The van der Waals surface area contributed by atoms with E-state index in [0.717, 1.165) is 62.1 Å². The van der Waals surface area contributed by atoms with Crippen LogP contribution in [0.4, 0.5) is 5.69 Å². The first-order valence-corrected chi connectivity index (χ1v) is 15.8. The van der Waals surface area contributed by atoms with Crippen molar-refractivity contribution in [2.24, 2.45) is 11.1 Å². The van der Waals surface area contributed by atoms with Crippen LogP contribution in [0, 0.1) is 5.41 Å². The fraction of sp³-hybridized carbons (Fsp3) is 0.588. The van der Waals surface area contributed by atoms with Gasteiger partial charge in [0.05, 0.1) is 23.5 Å². The number of rotatable bonds is 9. The molecule has 8 nitrogen and oxygen atoms in total. The molecule has 1 saturated carbocycles. The van der Waals surface area contributed by atoms with Gasteiger partial charge in [-0.2, -0.15) is 0 Å². The van der Waals surface area contributed by atoms with E-state index in [1.807, 2.05) is 48.4 Å². The van der Waals surface area contributed by atoms with Gasteiger partial charge in [-0.25, -0.2) is 0 Å². The number of methoxy groups -OCH3 is 1. The number of aryl methyl sites for hydroxylation is 1. The van der Waals surface area contributed by atoms with Crippen LogP contribution in [0.3, 0.4) is 0 Å². The van der Waals surface area contributed by atoms with Crippen molar-refractivity contribution in [2.45, 2.75) is 77.0 Å². The van der Waals surface area contributed by atoms with Crippen LogP contribution < -0.4 is 10.6 Å². The number of anilines is 1. The lowest BCUT2D eigenvalue weighted by molar-refractivity contribution is -0.00129. The number of ether oxygens (including phenoxy) is 1. The number of likely N-dealkylation sites (N-methyl/N-ethyl adjacent to an activating group) is 1. The number of fused-ring (bicyclic) bond motifs is 1. The van der Waals surface area contributed by atoms with Gasteiger partial charge in [-0.15, -0.1) is 0 Å². The summed E-state index contributed by atoms with van der Waals surface area (Å²) >= 11 is 0. The number of nitrogens with zero attached hydrogens (tertiary/aromatic N) is 3. The third kappa shape index (κ3) is 6.66. The summed E-state index contributed by atoms with van der Waals surface area (Å²) in [6.45, 7) is 6.31. The van der Waals surface area contributed by atoms with E-state index in [9.17, 15) is 14.7 Å². The molecule has 2 aromatic rings. The Morgan fingerprint density at radius 1 is 1.02 bits per heavy atom. The Bertz CT molecular complexity index is 1230. The van der Waals surface area contributed by atoms with Crippen molar-refractivity contribution < 1.29 is 19.4 Å². The Labute approximate surface area is 250 Å². The van der Waals surface area contributed by atoms with Gasteiger partial charge < -0.3 is 30.3 Å². The molecule has 5 rings (SSSR count). The van der Waals surface area contributed by atoms with E-state index in [0.29, 0.717) is 55.1 Å². The molecule has 2 heterocycles. The zero-order valence-electron chi connectivity index (χ0n) is 25.4. The van der Waals surface area contributed by atoms with Crippen molar-refractivity contribution in [3.05, 3.63) is 64.7 Å². The lowest BCUT2D eigenvalue weighted by Gasteiger charge is -2.45. The van der Waals surface area contributed by atoms with Crippen LogP contribution in [0.25, 0.3) is 0 Å². The quantitative estimate of drug-likeness (QED) is 0.464. The van der Waals surface area contributed by atoms with Gasteiger partial charge in [-0.05, 0) is 93.0 Å². The summed E-state index contributed by atoms with van der Waals surface area (Å²) in [7, 11) is 1.81. The first kappa shape index (κ1) is 30.5. The van der Waals surface area contributed by atoms with Crippen molar-refractivity contribution in [3.8, 4) is 0 Å². The highest BCUT2D eigenvalue weighted by atomic mass is 16.5. The third-order valence-electron chi connectivity index (χ3n) is 10.1. The van der Waals surface area contributed by atoms with Gasteiger partial charge in [0.2, 0.25) is 0 Å². The third-order valence-corrected chi connectivity index (χ3v) is 10.1. The number of piperidine rings is 1. The molecule has 1 spiro atoms. The Kier molecular flexibility index (Phi) is 9.86. The normalized spacial score (nSPS) is 20.0. The van der Waals surface area contributed by atoms with E-state index >= 15 is 0 Å². The van der Waals surface area contributed by atoms with Crippen molar-refractivity contribution in [2.75, 3.05) is 51.3 Å². The maximum absolute atomic E-state index is 13.7. The molecule has 1 saturated heterocycles. The molecular formula is C34H48N4O4. The number of carbonyl (C=O) groups is 2. The number of β-amino-alcohol motifs (C(OH)–C–C–N with tert-alkyl or cyclic N) is 1. The lowest BCUT2D eigenvalue weighted by Crippen LogP contribution is -2.45. The molecule has 1 unspecified atom stereocenters. The van der Waals surface area contributed by atoms with Gasteiger partial charge in [0.25, 0.3) is 11.8 Å². The predicted molar refractivity (Wildman–Crippen MR) is 166 cm³/mol. The van der Waals surface area contributed by atoms with Crippen LogP contribution >= 0.6 is 0 Å². The van der Waals surface area contributed by atoms with E-state index in [-0.39, 0.29) is 18.4 Å². The van der Waals surface area contributed by atoms with Crippen molar-refractivity contribution >= 4 is 17.5 Å². The van der Waals surface area contributed by atoms with E-state index in [1.165, 1.54) is 12.8 Å². The highest BCUT2D eigenvalue weighted by Gasteiger charge is 2.39. The van der Waals surface area contributed by atoms with Crippen LogP contribution in [0.2, 0.25) is 0 Å². The molecule has 3 N–H and O–H groups in total. The summed E-state index contributed by atoms with van der Waals surface area (Å²) in [6.07, 6.45) is 7.73. The molecule has 0 aromatic heterocycles. The minimum Gasteiger partial charge on any atom is -0.391 e. The van der Waals surface area contributed by atoms with Gasteiger partial charge in [0.15, 0.2) is 0 Å². The number of amides is 2. The highest BCUT2D eigenvalue weighted by molar-refractivity contribution is 6.03. The van der Waals surface area contributed by atoms with Gasteiger partial charge >= 0.3 is 0 Å². The summed E-state index contributed by atoms with van der Waals surface area (Å²) in [5.74, 6) is -0.0380. The maximum Gasteiger partial charge on any atom is 0.256 e. The van der Waals surface area contributed by atoms with E-state index < -0.39 is 6.10 Å². The number of hydrogen-bond acceptors (Lipinski definition) is 6. The Hall–Kier alpha value is -2.94. The molecule has 0 bridgehead atoms. The maximum atomic E-state index is 13.7. The molecule has 1 atom stereocenters. The average molecular weight is 577 g/mol. The summed E-state index contributed by atoms with van der Waals surface area (Å²) < 4.78 is 5.57. The van der Waals surface area contributed by atoms with Crippen LogP contribution in [0.15, 0.2) is 42.5 Å². The second-order valence-electron chi connectivity index (χ2n) is 12.5. The molecule has 228 valence electrons. The van der Waals surface area contributed by atoms with Crippen molar-refractivity contribution in [1.29, 1.82) is 0 Å². The minimum atomic E-state index is -0.635. The largest absolute Gasteiger partial charge is 0.391 e. The molecule has 42 heavy (non-hydrogen) atoms. The second-order valence-corrected chi connectivity index (χ2v) is 12.5. The molecular weight excluding hydrogens is 528 g/mol. The molecule has 3 aliphatic rings. The van der Waals surface area contributed by atoms with Crippen LogP contribution in [-0.2, 0) is 17.7 Å². The Morgan fingerprint density at radius 3 is 2.38 bits per heavy atom. The first-order valence-electron chi connectivity index (χ1n) is 15.8. The van der Waals surface area contributed by atoms with Crippen LogP contribution in [0.1, 0.15) is 83.7 Å². The standard InChI is InChI=1S/C34H48N4O4/c1-3-36-20-21-38(24-28(39)10-8-25-6-4-5-7-27(25)23-35)33(41)30-11-9-26(22-31(30)36)32(40)37-18-16-34(17-19-37)14-12-29(42-2)13-15-34/h4-7,9,11,22,28-29,39H,3,8,10,12-21,23-24,35H2,1-2H3. The number of carbonyl (C=O) groups excluding carboxylic acids is 2. The first-order chi connectivity index (χ1) is 20.4. The van der Waals surface area contributed by atoms with Gasteiger partial charge in [0.1, 0.15) is 0 Å². The van der Waals surface area contributed by atoms with E-state index in [2.05, 4.69) is 17.9 Å². The summed E-state index contributed by atoms with van der Waals surface area (Å²) in [5, 5.41) is 10.9. The Balaban J connectivity index is 1.23. The van der Waals surface area contributed by atoms with E-state index in [1.54, 1.807) is 4.90 Å². The fourth-order valence-electron chi connectivity index (χ4n) is 7.22. The van der Waals surface area contributed by atoms with Crippen LogP contribution in [-0.4, -0.2) is 85.3 Å². The zero-order chi connectivity index (χ0) is 29.7. The molecule has 8 heteroatoms. The molecule has 2 amide bonds. The SMILES string of the molecule is CCN1CCN(CC(O)CCc2ccccc2CN)C(=O)c2ccc(C(=O)N3CCC4(CCC(OC)CC4)CC3)cc21. The minimum absolute atomic E-state index is 0.0519. The number of hydrogen-bond donors (Lipinski definition) is 2. The van der Waals surface area contributed by atoms with Crippen molar-refractivity contribution in [3.63, 3.8) is 0 Å². The monoisotopic (exact) mass is 576 g/mol. The van der Waals surface area contributed by atoms with Gasteiger partial charge in [0, 0.05) is 58.5 Å². The molecule has 1 aliphatic carbocycles. The summed E-state index contributed by atoms with van der Waals surface area (Å²) in [5.41, 5.74) is 10.5. The van der Waals surface area contributed by atoms with Gasteiger partial charge in [-0.1, -0.05) is 24.3 Å². The lowest BCUT2D eigenvalue weighted by atomic mass is 9.67. The van der Waals surface area contributed by atoms with E-state index in [4.69, 9.17) is 10.5 Å². The van der Waals surface area contributed by atoms with Crippen LogP contribution in [0.5, 0.6) is 0 Å². The number of likely N-dealkylation sites (tertiary alicyclic amines) is 1. The molecule has 2 aliphatic heterocycles. The van der Waals surface area contributed by atoms with Gasteiger partial charge in [-0.3, -0.25) is 9.59 Å². The molecule has 0 radical (unpaired) electrons. The summed E-state index contributed by atoms with van der Waals surface area (Å²) in [4.78, 5) is 33.2. The second kappa shape index (κ2) is 13.6. The zero-order valence-corrected chi connectivity index (χ0v) is 25.4. The number of benzene rings is 2. The highest BCUT2D eigenvalue weighted by Crippen LogP contribution is 2.45. The fourth-order valence-corrected chi connectivity index (χ4v) is 7.22.